The van der Waals surface area contributed by atoms with Crippen molar-refractivity contribution in [1.29, 1.82) is 0 Å². The number of para-hydroxylation sites is 1. The van der Waals surface area contributed by atoms with Gasteiger partial charge in [0.15, 0.2) is 6.29 Å². The molecule has 0 saturated carbocycles. The molecule has 0 fully saturated rings. The van der Waals surface area contributed by atoms with E-state index in [0.29, 0.717) is 25.2 Å². The zero-order valence-electron chi connectivity index (χ0n) is 13.1. The summed E-state index contributed by atoms with van der Waals surface area (Å²) in [5.41, 5.74) is 2.80. The first-order valence-electron chi connectivity index (χ1n) is 7.52. The van der Waals surface area contributed by atoms with Gasteiger partial charge in [0.25, 0.3) is 0 Å². The second-order valence-electron chi connectivity index (χ2n) is 6.64. The number of nitrogens with zero attached hydrogens (tertiary/aromatic N) is 2. The average molecular weight is 300 g/mol. The van der Waals surface area contributed by atoms with Gasteiger partial charge in [-0.2, -0.15) is 0 Å². The number of ether oxygens (including phenoxy) is 1. The SMILES string of the molecule is CC(C)(C)OC(=O)C1Cc2cccc3c2N1CCN=C3C=O. The van der Waals surface area contributed by atoms with E-state index in [0.717, 1.165) is 23.1 Å². The van der Waals surface area contributed by atoms with E-state index in [1.165, 1.54) is 0 Å². The summed E-state index contributed by atoms with van der Waals surface area (Å²) in [5.74, 6) is -0.218. The summed E-state index contributed by atoms with van der Waals surface area (Å²) in [5, 5.41) is 0. The molecule has 0 spiro atoms. The number of benzene rings is 1. The fourth-order valence-electron chi connectivity index (χ4n) is 3.09. The van der Waals surface area contributed by atoms with Crippen LogP contribution in [0.3, 0.4) is 0 Å². The van der Waals surface area contributed by atoms with Crippen molar-refractivity contribution in [2.24, 2.45) is 4.99 Å². The Morgan fingerprint density at radius 3 is 2.86 bits per heavy atom. The highest BCUT2D eigenvalue weighted by Gasteiger charge is 2.39. The van der Waals surface area contributed by atoms with Crippen LogP contribution in [0.1, 0.15) is 31.9 Å². The highest BCUT2D eigenvalue weighted by Crippen LogP contribution is 2.37. The Kier molecular flexibility index (Phi) is 3.51. The van der Waals surface area contributed by atoms with Crippen molar-refractivity contribution in [3.63, 3.8) is 0 Å². The maximum atomic E-state index is 12.5. The normalized spacial score (nSPS) is 20.0. The smallest absolute Gasteiger partial charge is 0.329 e. The summed E-state index contributed by atoms with van der Waals surface area (Å²) in [7, 11) is 0. The largest absolute Gasteiger partial charge is 0.458 e. The zero-order valence-corrected chi connectivity index (χ0v) is 13.1. The van der Waals surface area contributed by atoms with Gasteiger partial charge in [-0.05, 0) is 26.3 Å². The number of aliphatic imine (C=N–C) groups is 1. The summed E-state index contributed by atoms with van der Waals surface area (Å²) < 4.78 is 5.56. The first-order chi connectivity index (χ1) is 10.4. The Balaban J connectivity index is 1.98. The minimum atomic E-state index is -0.509. The minimum absolute atomic E-state index is 0.218. The van der Waals surface area contributed by atoms with Crippen molar-refractivity contribution in [3.05, 3.63) is 29.3 Å². The van der Waals surface area contributed by atoms with Crippen LogP contribution in [0.25, 0.3) is 0 Å². The van der Waals surface area contributed by atoms with Gasteiger partial charge in [-0.25, -0.2) is 4.79 Å². The molecule has 0 bridgehead atoms. The van der Waals surface area contributed by atoms with Gasteiger partial charge < -0.3 is 9.64 Å². The lowest BCUT2D eigenvalue weighted by atomic mass is 10.0. The van der Waals surface area contributed by atoms with Crippen LogP contribution in [0, 0.1) is 0 Å². The topological polar surface area (TPSA) is 59.0 Å². The van der Waals surface area contributed by atoms with Crippen molar-refractivity contribution in [2.75, 3.05) is 18.0 Å². The van der Waals surface area contributed by atoms with Crippen LogP contribution in [-0.4, -0.2) is 42.7 Å². The molecule has 5 heteroatoms. The van der Waals surface area contributed by atoms with Crippen molar-refractivity contribution >= 4 is 23.7 Å². The lowest BCUT2D eigenvalue weighted by molar-refractivity contribution is -0.156. The molecule has 2 aliphatic rings. The fourth-order valence-corrected chi connectivity index (χ4v) is 3.09. The van der Waals surface area contributed by atoms with Crippen molar-refractivity contribution < 1.29 is 14.3 Å². The van der Waals surface area contributed by atoms with Crippen molar-refractivity contribution in [2.45, 2.75) is 38.8 Å². The van der Waals surface area contributed by atoms with Crippen LogP contribution >= 0.6 is 0 Å². The summed E-state index contributed by atoms with van der Waals surface area (Å²) in [6.45, 7) is 6.73. The van der Waals surface area contributed by atoms with Gasteiger partial charge in [0.05, 0.1) is 12.2 Å². The summed E-state index contributed by atoms with van der Waals surface area (Å²) >= 11 is 0. The Bertz CT molecular complexity index is 658. The Morgan fingerprint density at radius 2 is 2.18 bits per heavy atom. The molecule has 0 radical (unpaired) electrons. The van der Waals surface area contributed by atoms with Gasteiger partial charge in [-0.3, -0.25) is 9.79 Å². The minimum Gasteiger partial charge on any atom is -0.458 e. The second-order valence-corrected chi connectivity index (χ2v) is 6.64. The molecule has 0 saturated heterocycles. The molecule has 3 rings (SSSR count). The number of aldehydes is 1. The van der Waals surface area contributed by atoms with Gasteiger partial charge in [-0.15, -0.1) is 0 Å². The van der Waals surface area contributed by atoms with Crippen LogP contribution < -0.4 is 4.90 Å². The molecule has 0 amide bonds. The number of rotatable bonds is 2. The van der Waals surface area contributed by atoms with Crippen molar-refractivity contribution in [1.82, 2.24) is 0 Å². The number of hydrogen-bond acceptors (Lipinski definition) is 5. The summed E-state index contributed by atoms with van der Waals surface area (Å²) in [6.07, 6.45) is 1.41. The van der Waals surface area contributed by atoms with E-state index in [-0.39, 0.29) is 12.0 Å². The van der Waals surface area contributed by atoms with E-state index < -0.39 is 5.60 Å². The fraction of sp³-hybridized carbons (Fsp3) is 0.471. The highest BCUT2D eigenvalue weighted by molar-refractivity contribution is 6.38. The molecule has 2 heterocycles. The van der Waals surface area contributed by atoms with Crippen LogP contribution in [0.2, 0.25) is 0 Å². The molecule has 1 aromatic carbocycles. The first-order valence-corrected chi connectivity index (χ1v) is 7.52. The second kappa shape index (κ2) is 5.23. The Hall–Kier alpha value is -2.17. The van der Waals surface area contributed by atoms with E-state index in [2.05, 4.69) is 4.99 Å². The molecule has 0 N–H and O–H groups in total. The van der Waals surface area contributed by atoms with Gasteiger partial charge in [-0.1, -0.05) is 18.2 Å². The van der Waals surface area contributed by atoms with Gasteiger partial charge in [0.2, 0.25) is 0 Å². The molecule has 2 aliphatic heterocycles. The number of anilines is 1. The zero-order chi connectivity index (χ0) is 15.9. The molecule has 1 aromatic rings. The number of hydrogen-bond donors (Lipinski definition) is 0. The quantitative estimate of drug-likeness (QED) is 0.617. The van der Waals surface area contributed by atoms with E-state index in [1.54, 1.807) is 0 Å². The average Bonchev–Trinajstić information content (AvgIpc) is 2.69. The van der Waals surface area contributed by atoms with Gasteiger partial charge in [0.1, 0.15) is 17.4 Å². The summed E-state index contributed by atoms with van der Waals surface area (Å²) in [6, 6.07) is 5.47. The third kappa shape index (κ3) is 2.51. The first kappa shape index (κ1) is 14.8. The number of carbonyl (C=O) groups excluding carboxylic acids is 2. The molecule has 1 atom stereocenters. The predicted octanol–water partition coefficient (Wildman–Crippen LogP) is 1.76. The summed E-state index contributed by atoms with van der Waals surface area (Å²) in [4.78, 5) is 30.2. The molecular formula is C17H20N2O3. The van der Waals surface area contributed by atoms with Gasteiger partial charge >= 0.3 is 5.97 Å². The highest BCUT2D eigenvalue weighted by atomic mass is 16.6. The molecule has 5 nitrogen and oxygen atoms in total. The lowest BCUT2D eigenvalue weighted by Crippen LogP contribution is -2.43. The molecule has 22 heavy (non-hydrogen) atoms. The number of carbonyl (C=O) groups is 2. The predicted molar refractivity (Wildman–Crippen MR) is 84.6 cm³/mol. The third-order valence-corrected chi connectivity index (χ3v) is 3.89. The van der Waals surface area contributed by atoms with Crippen LogP contribution in [0.15, 0.2) is 23.2 Å². The van der Waals surface area contributed by atoms with E-state index in [4.69, 9.17) is 4.74 Å². The third-order valence-electron chi connectivity index (χ3n) is 3.89. The Morgan fingerprint density at radius 1 is 1.41 bits per heavy atom. The maximum Gasteiger partial charge on any atom is 0.329 e. The lowest BCUT2D eigenvalue weighted by Gasteiger charge is -2.28. The number of esters is 1. The van der Waals surface area contributed by atoms with Crippen LogP contribution in [0.4, 0.5) is 5.69 Å². The molecular weight excluding hydrogens is 280 g/mol. The van der Waals surface area contributed by atoms with Crippen LogP contribution in [0.5, 0.6) is 0 Å². The molecule has 0 aliphatic carbocycles. The van der Waals surface area contributed by atoms with E-state index in [9.17, 15) is 9.59 Å². The standard InChI is InChI=1S/C17H20N2O3/c1-17(2,3)22-16(21)14-9-11-5-4-6-12-13(10-20)18-7-8-19(14)15(11)12/h4-6,10,14H,7-9H2,1-3H3. The molecule has 116 valence electrons. The Labute approximate surface area is 130 Å². The molecule has 1 unspecified atom stereocenters. The molecule has 0 aromatic heterocycles. The van der Waals surface area contributed by atoms with E-state index >= 15 is 0 Å². The maximum absolute atomic E-state index is 12.5. The monoisotopic (exact) mass is 300 g/mol. The van der Waals surface area contributed by atoms with Crippen LogP contribution in [-0.2, 0) is 20.7 Å². The van der Waals surface area contributed by atoms with Gasteiger partial charge in [0, 0.05) is 18.5 Å². The van der Waals surface area contributed by atoms with Crippen molar-refractivity contribution in [3.8, 4) is 0 Å². The van der Waals surface area contributed by atoms with E-state index in [1.807, 2.05) is 43.9 Å².